The van der Waals surface area contributed by atoms with Crippen LogP contribution in [0.3, 0.4) is 0 Å². The Morgan fingerprint density at radius 1 is 0.590 bits per heavy atom. The number of nitrogens with one attached hydrogen (secondary N) is 2. The number of fused-ring (bicyclic) bond motifs is 10. The van der Waals surface area contributed by atoms with E-state index in [1.807, 2.05) is 49.4 Å². The van der Waals surface area contributed by atoms with E-state index in [9.17, 15) is 0 Å². The Bertz CT molecular complexity index is 2750. The van der Waals surface area contributed by atoms with Gasteiger partial charge in [0.25, 0.3) is 0 Å². The minimum absolute atomic E-state index is 0.0858. The minimum atomic E-state index is -0.216. The molecule has 61 heavy (non-hydrogen) atoms. The van der Waals surface area contributed by atoms with Crippen LogP contribution in [0.15, 0.2) is 126 Å². The molecule has 6 nitrogen and oxygen atoms in total. The molecule has 4 aliphatic heterocycles. The number of benzene rings is 6. The van der Waals surface area contributed by atoms with E-state index in [1.165, 1.54) is 44.5 Å². The number of rotatable bonds is 5. The number of hydrogen-bond acceptors (Lipinski definition) is 6. The second kappa shape index (κ2) is 15.5. The first-order valence-corrected chi connectivity index (χ1v) is 21.9. The first kappa shape index (κ1) is 40.5. The monoisotopic (exact) mass is 872 g/mol. The van der Waals surface area contributed by atoms with Gasteiger partial charge in [0.05, 0.1) is 35.9 Å². The van der Waals surface area contributed by atoms with E-state index in [-0.39, 0.29) is 23.3 Å². The molecular weight excluding hydrogens is 821 g/mol. The summed E-state index contributed by atoms with van der Waals surface area (Å²) >= 11 is 3.68. The summed E-state index contributed by atoms with van der Waals surface area (Å²) in [5.74, 6) is 3.41. The van der Waals surface area contributed by atoms with Crippen molar-refractivity contribution in [3.05, 3.63) is 165 Å². The van der Waals surface area contributed by atoms with Gasteiger partial charge in [-0.3, -0.25) is 0 Å². The highest BCUT2D eigenvalue weighted by Gasteiger charge is 2.37. The van der Waals surface area contributed by atoms with E-state index >= 15 is 0 Å². The summed E-state index contributed by atoms with van der Waals surface area (Å²) in [6.45, 7) is 17.9. The van der Waals surface area contributed by atoms with E-state index in [0.717, 1.165) is 66.7 Å². The third-order valence-electron chi connectivity index (χ3n) is 11.9. The smallest absolute Gasteiger partial charge is 0.150 e. The second-order valence-corrected chi connectivity index (χ2v) is 18.5. The first-order chi connectivity index (χ1) is 29.3. The second-order valence-electron chi connectivity index (χ2n) is 17.6. The van der Waals surface area contributed by atoms with Gasteiger partial charge < -0.3 is 29.6 Å². The van der Waals surface area contributed by atoms with Crippen molar-refractivity contribution in [3.63, 3.8) is 0 Å². The molecule has 10 rings (SSSR count). The minimum Gasteiger partial charge on any atom is -0.496 e. The lowest BCUT2D eigenvalue weighted by atomic mass is 9.80. The summed E-state index contributed by atoms with van der Waals surface area (Å²) in [6, 6.07) is 37.9. The van der Waals surface area contributed by atoms with Crippen molar-refractivity contribution in [2.45, 2.75) is 78.7 Å². The van der Waals surface area contributed by atoms with E-state index in [4.69, 9.17) is 18.9 Å². The van der Waals surface area contributed by atoms with Crippen LogP contribution >= 0.6 is 15.9 Å². The molecule has 7 heteroatoms. The highest BCUT2D eigenvalue weighted by atomic mass is 79.9. The van der Waals surface area contributed by atoms with Crippen LogP contribution in [-0.4, -0.2) is 24.8 Å². The molecule has 0 amide bonds. The molecule has 4 heterocycles. The number of allylic oxidation sites excluding steroid dienone is 2. The van der Waals surface area contributed by atoms with E-state index in [1.54, 1.807) is 7.11 Å². The van der Waals surface area contributed by atoms with Crippen molar-refractivity contribution in [1.82, 2.24) is 0 Å². The Labute approximate surface area is 368 Å². The Morgan fingerprint density at radius 3 is 1.64 bits per heavy atom. The zero-order valence-corrected chi connectivity index (χ0v) is 38.0. The van der Waals surface area contributed by atoms with E-state index in [2.05, 4.69) is 154 Å². The summed E-state index contributed by atoms with van der Waals surface area (Å²) < 4.78 is 26.2. The van der Waals surface area contributed by atoms with Gasteiger partial charge in [0.15, 0.2) is 12.2 Å². The maximum atomic E-state index is 6.71. The highest BCUT2D eigenvalue weighted by molar-refractivity contribution is 9.10. The lowest BCUT2D eigenvalue weighted by Gasteiger charge is -2.37. The largest absolute Gasteiger partial charge is 0.496 e. The molecule has 4 aliphatic rings. The topological polar surface area (TPSA) is 61.0 Å². The summed E-state index contributed by atoms with van der Waals surface area (Å²) in [7, 11) is 1.71. The molecule has 6 aromatic rings. The molecule has 310 valence electrons. The van der Waals surface area contributed by atoms with Gasteiger partial charge in [0, 0.05) is 38.1 Å². The van der Waals surface area contributed by atoms with Crippen molar-refractivity contribution < 1.29 is 18.9 Å². The lowest BCUT2D eigenvalue weighted by Crippen LogP contribution is -2.32. The Morgan fingerprint density at radius 2 is 1.11 bits per heavy atom. The van der Waals surface area contributed by atoms with Crippen molar-refractivity contribution >= 4 is 38.5 Å². The standard InChI is InChI=1S/C27H26BrNO2.C27H27NO2/c1-15-11-17(13-18(28)12-15)26-25-19(24-21(30-5)7-6-8-22(24)31-26)9-10-20-23(25)16(2)14-27(3,4)29-20;1-5-29-21-12-9-13-22-24(21)19-14-15-20-23(17(2)16-27(3,4)28-20)25(19)26(30-22)18-10-7-6-8-11-18/h6-14,26,29H,1-5H3;6-16,26,28H,5H2,1-4H3. The van der Waals surface area contributed by atoms with E-state index < -0.39 is 0 Å². The molecule has 2 atom stereocenters. The van der Waals surface area contributed by atoms with Gasteiger partial charge in [-0.05, 0) is 143 Å². The van der Waals surface area contributed by atoms with Gasteiger partial charge in [0.1, 0.15) is 23.0 Å². The Hall–Kier alpha value is -5.92. The normalized spacial score (nSPS) is 18.1. The van der Waals surface area contributed by atoms with Gasteiger partial charge in [-0.25, -0.2) is 0 Å². The zero-order chi connectivity index (χ0) is 42.8. The summed E-state index contributed by atoms with van der Waals surface area (Å²) in [6.07, 6.45) is 4.22. The number of methoxy groups -OCH3 is 1. The van der Waals surface area contributed by atoms with Crippen molar-refractivity contribution in [2.75, 3.05) is 24.4 Å². The van der Waals surface area contributed by atoms with Crippen LogP contribution in [0.5, 0.6) is 23.0 Å². The van der Waals surface area contributed by atoms with Crippen LogP contribution < -0.4 is 29.6 Å². The quantitative estimate of drug-likeness (QED) is 0.180. The van der Waals surface area contributed by atoms with Crippen LogP contribution in [0, 0.1) is 6.92 Å². The number of ether oxygens (including phenoxy) is 4. The molecule has 0 spiro atoms. The van der Waals surface area contributed by atoms with Gasteiger partial charge in [-0.1, -0.05) is 88.7 Å². The molecule has 2 N–H and O–H groups in total. The fraction of sp³-hybridized carbons (Fsp3) is 0.259. The number of aryl methyl sites for hydroxylation is 1. The maximum Gasteiger partial charge on any atom is 0.150 e. The lowest BCUT2D eigenvalue weighted by molar-refractivity contribution is 0.241. The number of halogens is 1. The highest BCUT2D eigenvalue weighted by Crippen LogP contribution is 2.55. The average Bonchev–Trinajstić information content (AvgIpc) is 3.21. The van der Waals surface area contributed by atoms with Crippen LogP contribution in [0.1, 0.15) is 99.6 Å². The molecule has 0 aromatic heterocycles. The number of anilines is 2. The Balaban J connectivity index is 0.000000156. The van der Waals surface area contributed by atoms with Crippen LogP contribution in [0.2, 0.25) is 0 Å². The summed E-state index contributed by atoms with van der Waals surface area (Å²) in [5.41, 5.74) is 17.4. The predicted molar refractivity (Wildman–Crippen MR) is 254 cm³/mol. The van der Waals surface area contributed by atoms with Crippen molar-refractivity contribution in [3.8, 4) is 45.3 Å². The molecule has 0 aliphatic carbocycles. The third-order valence-corrected chi connectivity index (χ3v) is 12.3. The fourth-order valence-corrected chi connectivity index (χ4v) is 10.5. The molecule has 0 bridgehead atoms. The first-order valence-electron chi connectivity index (χ1n) is 21.1. The SMILES string of the molecule is CCOc1cccc2c1-c1ccc3c(c1C(c1ccccc1)O2)C(C)=CC(C)(C)N3.COc1cccc2c1-c1ccc3c(c1C(c1cc(C)cc(Br)c1)O2)C(C)=CC(C)(C)N3. The third kappa shape index (κ3) is 7.37. The maximum absolute atomic E-state index is 6.71. The summed E-state index contributed by atoms with van der Waals surface area (Å²) in [4.78, 5) is 0. The predicted octanol–water partition coefficient (Wildman–Crippen LogP) is 14.4. The van der Waals surface area contributed by atoms with E-state index in [0.29, 0.717) is 6.61 Å². The van der Waals surface area contributed by atoms with Crippen LogP contribution in [0.25, 0.3) is 33.4 Å². The fourth-order valence-electron chi connectivity index (χ4n) is 9.85. The Kier molecular flexibility index (Phi) is 10.3. The molecule has 6 aromatic carbocycles. The van der Waals surface area contributed by atoms with Crippen molar-refractivity contribution in [2.24, 2.45) is 0 Å². The van der Waals surface area contributed by atoms with Crippen LogP contribution in [0.4, 0.5) is 11.4 Å². The van der Waals surface area contributed by atoms with Crippen molar-refractivity contribution in [1.29, 1.82) is 0 Å². The van der Waals surface area contributed by atoms with Crippen LogP contribution in [-0.2, 0) is 0 Å². The molecular formula is C54H53BrN2O4. The molecule has 0 saturated carbocycles. The average molecular weight is 874 g/mol. The summed E-state index contributed by atoms with van der Waals surface area (Å²) in [5, 5.41) is 7.38. The zero-order valence-electron chi connectivity index (χ0n) is 36.4. The van der Waals surface area contributed by atoms with Gasteiger partial charge in [-0.15, -0.1) is 0 Å². The molecule has 0 radical (unpaired) electrons. The van der Waals surface area contributed by atoms with Gasteiger partial charge in [0.2, 0.25) is 0 Å². The number of hydrogen-bond donors (Lipinski definition) is 2. The molecule has 0 saturated heterocycles. The molecule has 0 fully saturated rings. The van der Waals surface area contributed by atoms with Gasteiger partial charge >= 0.3 is 0 Å². The van der Waals surface area contributed by atoms with Gasteiger partial charge in [-0.2, -0.15) is 0 Å². The molecule has 2 unspecified atom stereocenters.